The number of fused-ring (bicyclic) bond motifs is 3. The van der Waals surface area contributed by atoms with Crippen LogP contribution in [0.2, 0.25) is 0 Å². The molecule has 1 amide bonds. The third-order valence-electron chi connectivity index (χ3n) is 4.53. The van der Waals surface area contributed by atoms with Gasteiger partial charge in [-0.1, -0.05) is 58.4 Å². The van der Waals surface area contributed by atoms with Crippen LogP contribution in [0.3, 0.4) is 0 Å². The van der Waals surface area contributed by atoms with Crippen LogP contribution in [0.4, 0.5) is 5.69 Å². The highest BCUT2D eigenvalue weighted by molar-refractivity contribution is 9.10. The molecule has 2 heterocycles. The zero-order valence-corrected chi connectivity index (χ0v) is 18.6. The third-order valence-corrected chi connectivity index (χ3v) is 5.78. The SMILES string of the molecule is CCSc1nnc2c(n1)O[C@@H](c1ccc(Br)cc1)N(C(C)=O)c1ccc(C)cc1-2. The Morgan fingerprint density at radius 3 is 2.66 bits per heavy atom. The first-order chi connectivity index (χ1) is 14.0. The van der Waals surface area contributed by atoms with Crippen LogP contribution < -0.4 is 9.64 Å². The molecule has 0 aliphatic carbocycles. The number of thioether (sulfide) groups is 1. The predicted molar refractivity (Wildman–Crippen MR) is 117 cm³/mol. The van der Waals surface area contributed by atoms with Crippen LogP contribution in [-0.2, 0) is 4.79 Å². The molecule has 29 heavy (non-hydrogen) atoms. The van der Waals surface area contributed by atoms with Gasteiger partial charge in [-0.25, -0.2) is 0 Å². The van der Waals surface area contributed by atoms with E-state index in [1.54, 1.807) is 4.90 Å². The van der Waals surface area contributed by atoms with E-state index in [0.717, 1.165) is 32.6 Å². The number of aryl methyl sites for hydroxylation is 1. The number of rotatable bonds is 3. The Morgan fingerprint density at radius 1 is 1.21 bits per heavy atom. The molecule has 0 spiro atoms. The van der Waals surface area contributed by atoms with Gasteiger partial charge in [-0.3, -0.25) is 9.69 Å². The minimum Gasteiger partial charge on any atom is -0.447 e. The lowest BCUT2D eigenvalue weighted by Gasteiger charge is -2.30. The first kappa shape index (κ1) is 19.8. The molecule has 0 bridgehead atoms. The summed E-state index contributed by atoms with van der Waals surface area (Å²) in [6.45, 7) is 5.56. The Labute approximate surface area is 181 Å². The fraction of sp³-hybridized carbons (Fsp3) is 0.238. The Kier molecular flexibility index (Phi) is 5.56. The monoisotopic (exact) mass is 470 g/mol. The van der Waals surface area contributed by atoms with Crippen LogP contribution in [0.15, 0.2) is 52.1 Å². The smallest absolute Gasteiger partial charge is 0.247 e. The minimum absolute atomic E-state index is 0.132. The lowest BCUT2D eigenvalue weighted by atomic mass is 10.0. The van der Waals surface area contributed by atoms with Crippen molar-refractivity contribution in [1.29, 1.82) is 0 Å². The number of hydrogen-bond donors (Lipinski definition) is 0. The van der Waals surface area contributed by atoms with Gasteiger partial charge < -0.3 is 4.74 Å². The summed E-state index contributed by atoms with van der Waals surface area (Å²) in [6.07, 6.45) is -0.667. The maximum absolute atomic E-state index is 12.7. The molecule has 0 saturated carbocycles. The largest absolute Gasteiger partial charge is 0.447 e. The zero-order chi connectivity index (χ0) is 20.5. The summed E-state index contributed by atoms with van der Waals surface area (Å²) in [4.78, 5) is 19.0. The number of anilines is 1. The van der Waals surface area contributed by atoms with Crippen LogP contribution in [-0.4, -0.2) is 26.8 Å². The lowest BCUT2D eigenvalue weighted by molar-refractivity contribution is -0.118. The number of aromatic nitrogens is 3. The molecule has 6 nitrogen and oxygen atoms in total. The molecule has 8 heteroatoms. The summed E-state index contributed by atoms with van der Waals surface area (Å²) in [7, 11) is 0. The summed E-state index contributed by atoms with van der Waals surface area (Å²) in [5.74, 6) is 1.07. The number of ether oxygens (including phenoxy) is 1. The molecule has 3 aromatic rings. The molecular weight excluding hydrogens is 452 g/mol. The fourth-order valence-electron chi connectivity index (χ4n) is 3.25. The van der Waals surface area contributed by atoms with Crippen LogP contribution in [0, 0.1) is 6.92 Å². The van der Waals surface area contributed by atoms with E-state index in [4.69, 9.17) is 4.74 Å². The van der Waals surface area contributed by atoms with E-state index in [1.807, 2.05) is 56.3 Å². The second-order valence-electron chi connectivity index (χ2n) is 6.61. The molecule has 0 fully saturated rings. The summed E-state index contributed by atoms with van der Waals surface area (Å²) in [5.41, 5.74) is 3.93. The molecule has 1 aromatic heterocycles. The van der Waals surface area contributed by atoms with Crippen LogP contribution in [0.25, 0.3) is 11.3 Å². The van der Waals surface area contributed by atoms with E-state index < -0.39 is 6.23 Å². The number of nitrogens with zero attached hydrogens (tertiary/aromatic N) is 4. The van der Waals surface area contributed by atoms with E-state index in [9.17, 15) is 4.79 Å². The Bertz CT molecular complexity index is 1070. The maximum atomic E-state index is 12.7. The Balaban J connectivity index is 1.96. The van der Waals surface area contributed by atoms with Gasteiger partial charge in [0.25, 0.3) is 0 Å². The van der Waals surface area contributed by atoms with Crippen molar-refractivity contribution in [2.45, 2.75) is 32.2 Å². The summed E-state index contributed by atoms with van der Waals surface area (Å²) < 4.78 is 7.28. The third kappa shape index (κ3) is 3.86. The number of benzene rings is 2. The molecule has 1 aliphatic rings. The van der Waals surface area contributed by atoms with Gasteiger partial charge in [0.2, 0.25) is 23.2 Å². The molecule has 0 saturated heterocycles. The standard InChI is InChI=1S/C21H19BrN4O2S/c1-4-29-21-23-19-18(24-25-21)16-11-12(2)5-10-17(16)26(13(3)27)20(28-19)14-6-8-15(22)9-7-14/h5-11,20H,4H2,1-3H3/t20-/m0/s1. The molecule has 2 aromatic carbocycles. The van der Waals surface area contributed by atoms with Crippen LogP contribution in [0.5, 0.6) is 5.88 Å². The number of carbonyl (C=O) groups is 1. The first-order valence-electron chi connectivity index (χ1n) is 9.18. The van der Waals surface area contributed by atoms with Crippen molar-refractivity contribution >= 4 is 39.3 Å². The molecular formula is C21H19BrN4O2S. The average molecular weight is 471 g/mol. The zero-order valence-electron chi connectivity index (χ0n) is 16.2. The lowest BCUT2D eigenvalue weighted by Crippen LogP contribution is -2.36. The second kappa shape index (κ2) is 8.12. The molecule has 0 radical (unpaired) electrons. The number of amides is 1. The summed E-state index contributed by atoms with van der Waals surface area (Å²) in [5, 5.41) is 9.20. The van der Waals surface area contributed by atoms with Gasteiger partial charge in [0, 0.05) is 22.5 Å². The molecule has 148 valence electrons. The number of carbonyl (C=O) groups excluding carboxylic acids is 1. The second-order valence-corrected chi connectivity index (χ2v) is 8.76. The van der Waals surface area contributed by atoms with Gasteiger partial charge in [0.1, 0.15) is 0 Å². The minimum atomic E-state index is -0.667. The van der Waals surface area contributed by atoms with Crippen molar-refractivity contribution in [2.75, 3.05) is 10.7 Å². The Hall–Kier alpha value is -2.45. The average Bonchev–Trinajstić information content (AvgIpc) is 2.83. The molecule has 0 N–H and O–H groups in total. The summed E-state index contributed by atoms with van der Waals surface area (Å²) >= 11 is 4.95. The van der Waals surface area contributed by atoms with Crippen molar-refractivity contribution in [2.24, 2.45) is 0 Å². The van der Waals surface area contributed by atoms with Crippen molar-refractivity contribution in [1.82, 2.24) is 15.2 Å². The van der Waals surface area contributed by atoms with Crippen molar-refractivity contribution in [3.8, 4) is 17.1 Å². The van der Waals surface area contributed by atoms with E-state index in [1.165, 1.54) is 18.7 Å². The molecule has 1 aliphatic heterocycles. The van der Waals surface area contributed by atoms with Crippen LogP contribution >= 0.6 is 27.7 Å². The van der Waals surface area contributed by atoms with E-state index in [0.29, 0.717) is 16.7 Å². The van der Waals surface area contributed by atoms with Gasteiger partial charge in [0.05, 0.1) is 5.69 Å². The van der Waals surface area contributed by atoms with E-state index in [-0.39, 0.29) is 5.91 Å². The molecule has 1 atom stereocenters. The quantitative estimate of drug-likeness (QED) is 0.492. The number of hydrogen-bond acceptors (Lipinski definition) is 6. The van der Waals surface area contributed by atoms with Gasteiger partial charge >= 0.3 is 0 Å². The van der Waals surface area contributed by atoms with Crippen molar-refractivity contribution in [3.05, 3.63) is 58.1 Å². The molecule has 4 rings (SSSR count). The van der Waals surface area contributed by atoms with E-state index in [2.05, 4.69) is 31.1 Å². The van der Waals surface area contributed by atoms with Gasteiger partial charge in [-0.2, -0.15) is 4.98 Å². The van der Waals surface area contributed by atoms with Gasteiger partial charge in [-0.15, -0.1) is 10.2 Å². The number of halogens is 1. The Morgan fingerprint density at radius 2 is 1.97 bits per heavy atom. The highest BCUT2D eigenvalue weighted by Gasteiger charge is 2.34. The maximum Gasteiger partial charge on any atom is 0.247 e. The summed E-state index contributed by atoms with van der Waals surface area (Å²) in [6, 6.07) is 13.6. The topological polar surface area (TPSA) is 68.2 Å². The highest BCUT2D eigenvalue weighted by atomic mass is 79.9. The molecule has 0 unspecified atom stereocenters. The van der Waals surface area contributed by atoms with Crippen molar-refractivity contribution < 1.29 is 9.53 Å². The first-order valence-corrected chi connectivity index (χ1v) is 11.0. The highest BCUT2D eigenvalue weighted by Crippen LogP contribution is 2.43. The van der Waals surface area contributed by atoms with Gasteiger partial charge in [-0.05, 0) is 36.9 Å². The fourth-order valence-corrected chi connectivity index (χ4v) is 4.02. The van der Waals surface area contributed by atoms with Gasteiger partial charge in [0.15, 0.2) is 5.69 Å². The normalized spacial score (nSPS) is 15.2. The van der Waals surface area contributed by atoms with Crippen LogP contribution in [0.1, 0.15) is 31.2 Å². The predicted octanol–water partition coefficient (Wildman–Crippen LogP) is 5.17. The van der Waals surface area contributed by atoms with Crippen molar-refractivity contribution in [3.63, 3.8) is 0 Å². The van der Waals surface area contributed by atoms with E-state index >= 15 is 0 Å².